The number of hydrogen-bond acceptors (Lipinski definition) is 9. The molecule has 0 saturated carbocycles. The van der Waals surface area contributed by atoms with Gasteiger partial charge in [0.25, 0.3) is 5.56 Å². The molecular formula is C31H36IN2O8PS. The van der Waals surface area contributed by atoms with Crippen molar-refractivity contribution in [3.63, 3.8) is 0 Å². The second kappa shape index (κ2) is 14.4. The van der Waals surface area contributed by atoms with Crippen molar-refractivity contribution in [3.05, 3.63) is 83.4 Å². The van der Waals surface area contributed by atoms with Gasteiger partial charge in [-0.25, -0.2) is 9.36 Å². The van der Waals surface area contributed by atoms with Crippen molar-refractivity contribution < 1.29 is 27.8 Å². The average molecular weight is 755 g/mol. The third-order valence-corrected chi connectivity index (χ3v) is 12.2. The van der Waals surface area contributed by atoms with Crippen LogP contribution in [-0.2, 0) is 29.6 Å². The Morgan fingerprint density at radius 3 is 2.45 bits per heavy atom. The van der Waals surface area contributed by atoms with Crippen LogP contribution in [0.25, 0.3) is 15.9 Å². The topological polar surface area (TPSA) is 107 Å². The predicted octanol–water partition coefficient (Wildman–Crippen LogP) is 5.96. The molecular weight excluding hydrogens is 718 g/mol. The van der Waals surface area contributed by atoms with Crippen molar-refractivity contribution in [2.45, 2.75) is 52.4 Å². The van der Waals surface area contributed by atoms with E-state index in [1.165, 1.54) is 17.4 Å². The molecule has 3 heterocycles. The number of fused-ring (bicyclic) bond motifs is 1. The van der Waals surface area contributed by atoms with E-state index in [9.17, 15) is 14.2 Å². The number of thiophene rings is 1. The molecule has 4 aromatic rings. The average Bonchev–Trinajstić information content (AvgIpc) is 3.33. The van der Waals surface area contributed by atoms with Gasteiger partial charge in [-0.15, -0.1) is 11.3 Å². The van der Waals surface area contributed by atoms with E-state index in [1.807, 2.05) is 31.2 Å². The van der Waals surface area contributed by atoms with E-state index in [1.54, 1.807) is 43.7 Å². The number of nitrogens with zero attached hydrogens (tertiary/aromatic N) is 2. The molecule has 10 nitrogen and oxygen atoms in total. The van der Waals surface area contributed by atoms with Crippen LogP contribution in [0, 0.1) is 9.81 Å². The van der Waals surface area contributed by atoms with Crippen LogP contribution in [0.5, 0.6) is 5.75 Å². The molecule has 1 aliphatic heterocycles. The van der Waals surface area contributed by atoms with Crippen molar-refractivity contribution in [2.24, 2.45) is 0 Å². The molecule has 2 aromatic heterocycles. The van der Waals surface area contributed by atoms with E-state index in [-0.39, 0.29) is 36.9 Å². The van der Waals surface area contributed by atoms with Crippen molar-refractivity contribution >= 4 is 57.0 Å². The monoisotopic (exact) mass is 754 g/mol. The highest BCUT2D eigenvalue weighted by Gasteiger charge is 2.30. The van der Waals surface area contributed by atoms with Gasteiger partial charge in [0, 0.05) is 18.8 Å². The second-order valence-corrected chi connectivity index (χ2v) is 15.1. The van der Waals surface area contributed by atoms with Gasteiger partial charge in [-0.05, 0) is 86.0 Å². The Bertz CT molecular complexity index is 1790. The Labute approximate surface area is 273 Å². The minimum atomic E-state index is -3.67. The lowest BCUT2D eigenvalue weighted by atomic mass is 10.1. The van der Waals surface area contributed by atoms with E-state index >= 15 is 0 Å². The first kappa shape index (κ1) is 33.1. The first-order valence-corrected chi connectivity index (χ1v) is 18.0. The molecule has 0 N–H and O–H groups in total. The van der Waals surface area contributed by atoms with E-state index < -0.39 is 24.9 Å². The highest BCUT2D eigenvalue weighted by atomic mass is 127. The van der Waals surface area contributed by atoms with E-state index in [0.717, 1.165) is 31.4 Å². The fourth-order valence-electron chi connectivity index (χ4n) is 5.39. The molecule has 5 rings (SSSR count). The minimum Gasteiger partial charge on any atom is -0.496 e. The fourth-order valence-corrected chi connectivity index (χ4v) is 8.93. The molecule has 44 heavy (non-hydrogen) atoms. The zero-order chi connectivity index (χ0) is 31.4. The van der Waals surface area contributed by atoms with Crippen LogP contribution >= 0.6 is 41.5 Å². The normalized spacial score (nSPS) is 15.1. The summed E-state index contributed by atoms with van der Waals surface area (Å²) >= 11 is 3.60. The summed E-state index contributed by atoms with van der Waals surface area (Å²) in [7, 11) is -2.07. The molecule has 13 heteroatoms. The molecule has 236 valence electrons. The van der Waals surface area contributed by atoms with Crippen molar-refractivity contribution in [3.8, 4) is 11.4 Å². The fraction of sp³-hybridized carbons (Fsp3) is 0.419. The van der Waals surface area contributed by atoms with Gasteiger partial charge in [0.2, 0.25) is 0 Å². The van der Waals surface area contributed by atoms with E-state index in [2.05, 4.69) is 22.6 Å². The lowest BCUT2D eigenvalue weighted by Crippen LogP contribution is -2.40. The number of methoxy groups -OCH3 is 1. The number of rotatable bonds is 12. The highest BCUT2D eigenvalue weighted by molar-refractivity contribution is 14.1. The molecule has 1 aliphatic rings. The largest absolute Gasteiger partial charge is 0.496 e. The van der Waals surface area contributed by atoms with Crippen molar-refractivity contribution in [1.82, 2.24) is 9.13 Å². The third-order valence-electron chi connectivity index (χ3n) is 7.52. The number of benzene rings is 2. The SMILES string of the molecule is CCOP(=O)(OCC)c1cccc(-n2c(=O)c3c(C)c(I)sc3n(C[C@H](OC3CCOCC3)c3ccccc3OC)c2=O)c1. The maximum atomic E-state index is 14.4. The molecule has 0 unspecified atom stereocenters. The Kier molecular flexibility index (Phi) is 10.8. The summed E-state index contributed by atoms with van der Waals surface area (Å²) in [5.41, 5.74) is 0.890. The smallest absolute Gasteiger partial charge is 0.361 e. The maximum Gasteiger partial charge on any atom is 0.361 e. The maximum absolute atomic E-state index is 14.4. The van der Waals surface area contributed by atoms with Crippen LogP contribution < -0.4 is 21.3 Å². The number of aromatic nitrogens is 2. The van der Waals surface area contributed by atoms with E-state index in [0.29, 0.717) is 29.2 Å². The standard InChI is InChI=1S/C31H36IN2O8PS/c1-5-40-43(37,41-6-2)23-11-9-10-21(18-23)34-29(35)27-20(3)28(32)44-30(27)33(31(34)36)19-26(42-22-14-16-39-17-15-22)24-12-7-8-13-25(24)38-4/h7-13,18,22,26H,5-6,14-17,19H2,1-4H3/t26-/m0/s1. The summed E-state index contributed by atoms with van der Waals surface area (Å²) in [4.78, 5) is 29.1. The van der Waals surface area contributed by atoms with Gasteiger partial charge in [-0.3, -0.25) is 13.9 Å². The van der Waals surface area contributed by atoms with E-state index in [4.69, 9.17) is 23.3 Å². The molecule has 0 radical (unpaired) electrons. The van der Waals surface area contributed by atoms with Crippen LogP contribution in [0.2, 0.25) is 0 Å². The first-order chi connectivity index (χ1) is 21.2. The van der Waals surface area contributed by atoms with Crippen LogP contribution in [0.3, 0.4) is 0 Å². The number of para-hydroxylation sites is 1. The van der Waals surface area contributed by atoms with Crippen molar-refractivity contribution in [1.29, 1.82) is 0 Å². The molecule has 0 spiro atoms. The van der Waals surface area contributed by atoms with Crippen molar-refractivity contribution in [2.75, 3.05) is 33.5 Å². The number of ether oxygens (including phenoxy) is 3. The minimum absolute atomic E-state index is 0.0658. The lowest BCUT2D eigenvalue weighted by molar-refractivity contribution is -0.0752. The molecule has 0 bridgehead atoms. The molecule has 1 atom stereocenters. The highest BCUT2D eigenvalue weighted by Crippen LogP contribution is 2.47. The molecule has 0 amide bonds. The Morgan fingerprint density at radius 2 is 1.77 bits per heavy atom. The molecule has 2 aromatic carbocycles. The number of hydrogen-bond donors (Lipinski definition) is 0. The predicted molar refractivity (Wildman–Crippen MR) is 180 cm³/mol. The van der Waals surface area contributed by atoms with Crippen LogP contribution in [-0.4, -0.2) is 48.8 Å². The summed E-state index contributed by atoms with van der Waals surface area (Å²) in [6, 6.07) is 14.1. The van der Waals surface area contributed by atoms with Gasteiger partial charge < -0.3 is 23.3 Å². The van der Waals surface area contributed by atoms with Gasteiger partial charge in [0.1, 0.15) is 16.7 Å². The summed E-state index contributed by atoms with van der Waals surface area (Å²) in [6.07, 6.45) is 0.850. The van der Waals surface area contributed by atoms with Gasteiger partial charge in [-0.2, -0.15) is 0 Å². The Hall–Kier alpha value is -2.32. The van der Waals surface area contributed by atoms with Crippen LogP contribution in [0.1, 0.15) is 43.9 Å². The zero-order valence-corrected chi connectivity index (χ0v) is 29.0. The Balaban J connectivity index is 1.70. The number of halogens is 1. The first-order valence-electron chi connectivity index (χ1n) is 14.5. The van der Waals surface area contributed by atoms with Crippen LogP contribution in [0.4, 0.5) is 0 Å². The molecule has 0 aliphatic carbocycles. The van der Waals surface area contributed by atoms with Gasteiger partial charge in [0.05, 0.1) is 52.2 Å². The third kappa shape index (κ3) is 6.62. The summed E-state index contributed by atoms with van der Waals surface area (Å²) in [6.45, 7) is 7.02. The quantitative estimate of drug-likeness (QED) is 0.129. The molecule has 1 saturated heterocycles. The summed E-state index contributed by atoms with van der Waals surface area (Å²) < 4.78 is 46.3. The van der Waals surface area contributed by atoms with Crippen LogP contribution in [0.15, 0.2) is 58.1 Å². The summed E-state index contributed by atoms with van der Waals surface area (Å²) in [5.74, 6) is 0.648. The molecule has 1 fully saturated rings. The van der Waals surface area contributed by atoms with Gasteiger partial charge in [0.15, 0.2) is 0 Å². The lowest BCUT2D eigenvalue weighted by Gasteiger charge is -2.29. The Morgan fingerprint density at radius 1 is 1.07 bits per heavy atom. The van der Waals surface area contributed by atoms with Gasteiger partial charge in [-0.1, -0.05) is 24.3 Å². The number of aryl methyl sites for hydroxylation is 1. The summed E-state index contributed by atoms with van der Waals surface area (Å²) in [5, 5.41) is 0.718. The zero-order valence-electron chi connectivity index (χ0n) is 25.1. The van der Waals surface area contributed by atoms with Gasteiger partial charge >= 0.3 is 13.3 Å². The second-order valence-electron chi connectivity index (χ2n) is 10.2.